The lowest BCUT2D eigenvalue weighted by molar-refractivity contribution is -0.159. The Kier molecular flexibility index (Phi) is 4.80. The van der Waals surface area contributed by atoms with Crippen LogP contribution in [0.25, 0.3) is 0 Å². The molecule has 1 aromatic rings. The van der Waals surface area contributed by atoms with Gasteiger partial charge in [-0.2, -0.15) is 0 Å². The molecule has 1 heterocycles. The van der Waals surface area contributed by atoms with Gasteiger partial charge in [-0.3, -0.25) is 4.79 Å². The Bertz CT molecular complexity index is 543. The second-order valence-electron chi connectivity index (χ2n) is 5.05. The van der Waals surface area contributed by atoms with Gasteiger partial charge in [0.1, 0.15) is 5.75 Å². The molecule has 1 N–H and O–H groups in total. The van der Waals surface area contributed by atoms with Crippen molar-refractivity contribution in [1.82, 2.24) is 4.90 Å². The average Bonchev–Trinajstić information content (AvgIpc) is 2.48. The van der Waals surface area contributed by atoms with E-state index in [0.717, 1.165) is 11.1 Å². The molecule has 1 aliphatic rings. The van der Waals surface area contributed by atoms with Crippen LogP contribution in [0, 0.1) is 13.8 Å². The summed E-state index contributed by atoms with van der Waals surface area (Å²) < 4.78 is 10.6. The SMILES string of the molecule is Cc1ccc(OCC(=O)N2CCOCC2C(=O)O)cc1C. The van der Waals surface area contributed by atoms with E-state index in [4.69, 9.17) is 14.6 Å². The minimum atomic E-state index is -1.06. The van der Waals surface area contributed by atoms with Crippen molar-refractivity contribution < 1.29 is 24.2 Å². The molecule has 2 rings (SSSR count). The van der Waals surface area contributed by atoms with E-state index in [9.17, 15) is 9.59 Å². The summed E-state index contributed by atoms with van der Waals surface area (Å²) in [4.78, 5) is 24.5. The predicted octanol–water partition coefficient (Wildman–Crippen LogP) is 0.994. The first-order valence-corrected chi connectivity index (χ1v) is 6.79. The van der Waals surface area contributed by atoms with Gasteiger partial charge in [0.15, 0.2) is 12.6 Å². The summed E-state index contributed by atoms with van der Waals surface area (Å²) in [7, 11) is 0. The minimum absolute atomic E-state index is 0.0186. The summed E-state index contributed by atoms with van der Waals surface area (Å²) in [5.74, 6) is -0.801. The number of morpholine rings is 1. The summed E-state index contributed by atoms with van der Waals surface area (Å²) >= 11 is 0. The van der Waals surface area contributed by atoms with E-state index in [1.165, 1.54) is 4.90 Å². The third-order valence-corrected chi connectivity index (χ3v) is 3.57. The quantitative estimate of drug-likeness (QED) is 0.896. The molecule has 1 saturated heterocycles. The van der Waals surface area contributed by atoms with Crippen LogP contribution in [0.15, 0.2) is 18.2 Å². The van der Waals surface area contributed by atoms with Crippen LogP contribution < -0.4 is 4.74 Å². The number of rotatable bonds is 4. The maximum Gasteiger partial charge on any atom is 0.328 e. The second-order valence-corrected chi connectivity index (χ2v) is 5.05. The lowest BCUT2D eigenvalue weighted by Gasteiger charge is -2.32. The summed E-state index contributed by atoms with van der Waals surface area (Å²) in [5.41, 5.74) is 2.22. The molecule has 0 saturated carbocycles. The first kappa shape index (κ1) is 15.3. The fourth-order valence-corrected chi connectivity index (χ4v) is 2.14. The highest BCUT2D eigenvalue weighted by atomic mass is 16.5. The zero-order valence-electron chi connectivity index (χ0n) is 12.2. The Balaban J connectivity index is 1.96. The van der Waals surface area contributed by atoms with Gasteiger partial charge >= 0.3 is 5.97 Å². The number of amides is 1. The Hall–Kier alpha value is -2.08. The molecular weight excluding hydrogens is 274 g/mol. The standard InChI is InChI=1S/C15H19NO5/c1-10-3-4-12(7-11(10)2)21-9-14(17)16-5-6-20-8-13(16)15(18)19/h3-4,7,13H,5-6,8-9H2,1-2H3,(H,18,19). The van der Waals surface area contributed by atoms with Gasteiger partial charge in [0.25, 0.3) is 5.91 Å². The molecule has 1 amide bonds. The fraction of sp³-hybridized carbons (Fsp3) is 0.467. The summed E-state index contributed by atoms with van der Waals surface area (Å²) in [5, 5.41) is 9.10. The molecule has 6 nitrogen and oxygen atoms in total. The zero-order chi connectivity index (χ0) is 15.4. The molecule has 6 heteroatoms. The van der Waals surface area contributed by atoms with Crippen molar-refractivity contribution in [2.24, 2.45) is 0 Å². The van der Waals surface area contributed by atoms with Crippen LogP contribution in [-0.2, 0) is 14.3 Å². The van der Waals surface area contributed by atoms with Gasteiger partial charge in [-0.1, -0.05) is 6.07 Å². The predicted molar refractivity (Wildman–Crippen MR) is 75.4 cm³/mol. The van der Waals surface area contributed by atoms with E-state index in [-0.39, 0.29) is 25.7 Å². The molecular formula is C15H19NO5. The van der Waals surface area contributed by atoms with Crippen molar-refractivity contribution in [1.29, 1.82) is 0 Å². The number of benzene rings is 1. The monoisotopic (exact) mass is 293 g/mol. The number of carboxylic acids is 1. The van der Waals surface area contributed by atoms with Crippen molar-refractivity contribution in [3.8, 4) is 5.75 Å². The fourth-order valence-electron chi connectivity index (χ4n) is 2.14. The Labute approximate surface area is 123 Å². The van der Waals surface area contributed by atoms with Crippen molar-refractivity contribution >= 4 is 11.9 Å². The van der Waals surface area contributed by atoms with Crippen LogP contribution in [-0.4, -0.2) is 54.3 Å². The third kappa shape index (κ3) is 3.72. The van der Waals surface area contributed by atoms with Crippen LogP contribution in [0.4, 0.5) is 0 Å². The van der Waals surface area contributed by atoms with Gasteiger partial charge in [0, 0.05) is 6.54 Å². The van der Waals surface area contributed by atoms with E-state index in [1.54, 1.807) is 6.07 Å². The normalized spacial score (nSPS) is 18.4. The third-order valence-electron chi connectivity index (χ3n) is 3.57. The largest absolute Gasteiger partial charge is 0.484 e. The highest BCUT2D eigenvalue weighted by Gasteiger charge is 2.32. The van der Waals surface area contributed by atoms with Gasteiger partial charge in [-0.15, -0.1) is 0 Å². The summed E-state index contributed by atoms with van der Waals surface area (Å²) in [6, 6.07) is 4.64. The Morgan fingerprint density at radius 3 is 2.81 bits per heavy atom. The lowest BCUT2D eigenvalue weighted by Crippen LogP contribution is -2.53. The molecule has 0 radical (unpaired) electrons. The van der Waals surface area contributed by atoms with Crippen molar-refractivity contribution in [3.05, 3.63) is 29.3 Å². The molecule has 0 aliphatic carbocycles. The molecule has 0 aromatic heterocycles. The number of ether oxygens (including phenoxy) is 2. The average molecular weight is 293 g/mol. The number of hydrogen-bond acceptors (Lipinski definition) is 4. The van der Waals surface area contributed by atoms with Gasteiger partial charge in [0.05, 0.1) is 13.2 Å². The Morgan fingerprint density at radius 1 is 1.38 bits per heavy atom. The maximum atomic E-state index is 12.1. The summed E-state index contributed by atoms with van der Waals surface area (Å²) in [6.45, 7) is 4.42. The van der Waals surface area contributed by atoms with E-state index in [2.05, 4.69) is 0 Å². The molecule has 21 heavy (non-hydrogen) atoms. The molecule has 114 valence electrons. The van der Waals surface area contributed by atoms with Crippen LogP contribution in [0.2, 0.25) is 0 Å². The number of carbonyl (C=O) groups is 2. The van der Waals surface area contributed by atoms with E-state index >= 15 is 0 Å². The smallest absolute Gasteiger partial charge is 0.328 e. The minimum Gasteiger partial charge on any atom is -0.484 e. The first-order chi connectivity index (χ1) is 9.99. The summed E-state index contributed by atoms with van der Waals surface area (Å²) in [6.07, 6.45) is 0. The van der Waals surface area contributed by atoms with E-state index in [1.807, 2.05) is 26.0 Å². The van der Waals surface area contributed by atoms with E-state index in [0.29, 0.717) is 12.4 Å². The van der Waals surface area contributed by atoms with Gasteiger partial charge in [-0.25, -0.2) is 4.79 Å². The van der Waals surface area contributed by atoms with Crippen LogP contribution in [0.3, 0.4) is 0 Å². The van der Waals surface area contributed by atoms with E-state index < -0.39 is 12.0 Å². The number of aliphatic carboxylic acids is 1. The van der Waals surface area contributed by atoms with Crippen LogP contribution >= 0.6 is 0 Å². The molecule has 0 bridgehead atoms. The molecule has 1 unspecified atom stereocenters. The van der Waals surface area contributed by atoms with Crippen molar-refractivity contribution in [2.75, 3.05) is 26.4 Å². The topological polar surface area (TPSA) is 76.1 Å². The molecule has 1 aliphatic heterocycles. The second kappa shape index (κ2) is 6.58. The number of carboxylic acid groups (broad SMARTS) is 1. The number of nitrogens with zero attached hydrogens (tertiary/aromatic N) is 1. The Morgan fingerprint density at radius 2 is 2.14 bits per heavy atom. The maximum absolute atomic E-state index is 12.1. The number of carbonyl (C=O) groups excluding carboxylic acids is 1. The molecule has 0 spiro atoms. The van der Waals surface area contributed by atoms with Crippen molar-refractivity contribution in [3.63, 3.8) is 0 Å². The van der Waals surface area contributed by atoms with Crippen LogP contribution in [0.5, 0.6) is 5.75 Å². The number of aryl methyl sites for hydroxylation is 2. The molecule has 1 fully saturated rings. The highest BCUT2D eigenvalue weighted by Crippen LogP contribution is 2.17. The van der Waals surface area contributed by atoms with Gasteiger partial charge < -0.3 is 19.5 Å². The van der Waals surface area contributed by atoms with Crippen LogP contribution in [0.1, 0.15) is 11.1 Å². The zero-order valence-corrected chi connectivity index (χ0v) is 12.2. The first-order valence-electron chi connectivity index (χ1n) is 6.79. The molecule has 1 aromatic carbocycles. The molecule has 1 atom stereocenters. The van der Waals surface area contributed by atoms with Gasteiger partial charge in [0.2, 0.25) is 0 Å². The highest BCUT2D eigenvalue weighted by molar-refractivity contribution is 5.84. The lowest BCUT2D eigenvalue weighted by atomic mass is 10.1. The van der Waals surface area contributed by atoms with Gasteiger partial charge in [-0.05, 0) is 37.1 Å². The van der Waals surface area contributed by atoms with Crippen molar-refractivity contribution in [2.45, 2.75) is 19.9 Å². The number of hydrogen-bond donors (Lipinski definition) is 1.